The van der Waals surface area contributed by atoms with E-state index in [-0.39, 0.29) is 68.8 Å². The number of hydrogen-bond acceptors (Lipinski definition) is 13. The van der Waals surface area contributed by atoms with E-state index in [9.17, 15) is 44.7 Å². The smallest absolute Gasteiger partial charge is 0.704 e. The minimum atomic E-state index is -4.96. The van der Waals surface area contributed by atoms with Crippen LogP contribution in [0.3, 0.4) is 0 Å². The number of ketones is 2. The second-order valence-corrected chi connectivity index (χ2v) is 12.2. The Balaban J connectivity index is 0.00000441. The average molecular weight is 619 g/mol. The van der Waals surface area contributed by atoms with Crippen LogP contribution < -0.4 is 45.9 Å². The number of sulfone groups is 1. The van der Waals surface area contributed by atoms with Gasteiger partial charge in [-0.2, -0.15) is 16.8 Å². The van der Waals surface area contributed by atoms with Crippen molar-refractivity contribution in [2.75, 3.05) is 11.1 Å². The molecule has 40 heavy (non-hydrogen) atoms. The molecule has 0 saturated carbocycles. The summed E-state index contributed by atoms with van der Waals surface area (Å²) in [5.74, 6) is -1.40. The summed E-state index contributed by atoms with van der Waals surface area (Å²) in [7, 11) is -14.2. The van der Waals surface area contributed by atoms with Crippen molar-refractivity contribution in [3.05, 3.63) is 88.5 Å². The summed E-state index contributed by atoms with van der Waals surface area (Å²) in [5.41, 5.74) is 4.53. The quantitative estimate of drug-likeness (QED) is 0.0476. The van der Waals surface area contributed by atoms with Gasteiger partial charge in [-0.05, 0) is 30.3 Å². The molecule has 0 amide bonds. The molecule has 0 fully saturated rings. The van der Waals surface area contributed by atoms with Crippen molar-refractivity contribution in [1.29, 1.82) is 0 Å². The van der Waals surface area contributed by atoms with Gasteiger partial charge in [0.15, 0.2) is 11.6 Å². The molecular formula is C22H15N2NaO12S3. The van der Waals surface area contributed by atoms with Crippen molar-refractivity contribution in [3.8, 4) is 0 Å². The van der Waals surface area contributed by atoms with E-state index < -0.39 is 58.1 Å². The van der Waals surface area contributed by atoms with Gasteiger partial charge in [0.05, 0.1) is 32.8 Å². The van der Waals surface area contributed by atoms with Crippen LogP contribution in [0.4, 0.5) is 17.1 Å². The van der Waals surface area contributed by atoms with Gasteiger partial charge < -0.3 is 24.8 Å². The molecule has 0 unspecified atom stereocenters. The molecule has 0 radical (unpaired) electrons. The van der Waals surface area contributed by atoms with Crippen molar-refractivity contribution in [1.82, 2.24) is 0 Å². The maximum Gasteiger partial charge on any atom is 1.00 e. The summed E-state index contributed by atoms with van der Waals surface area (Å²) in [6, 6.07) is 11.2. The predicted octanol–water partition coefficient (Wildman–Crippen LogP) is -2.16. The van der Waals surface area contributed by atoms with E-state index in [1.165, 1.54) is 36.4 Å². The van der Waals surface area contributed by atoms with Crippen LogP contribution in [0.15, 0.2) is 76.1 Å². The van der Waals surface area contributed by atoms with Crippen LogP contribution in [-0.4, -0.2) is 41.4 Å². The van der Waals surface area contributed by atoms with E-state index in [0.717, 1.165) is 18.2 Å². The fourth-order valence-electron chi connectivity index (χ4n) is 3.75. The van der Waals surface area contributed by atoms with Gasteiger partial charge in [-0.15, -0.1) is 0 Å². The molecule has 0 aromatic heterocycles. The van der Waals surface area contributed by atoms with Gasteiger partial charge in [-0.25, -0.2) is 8.42 Å². The maximum absolute atomic E-state index is 13.3. The third-order valence-corrected chi connectivity index (χ3v) is 8.24. The first kappa shape index (κ1) is 31.4. The average Bonchev–Trinajstić information content (AvgIpc) is 2.87. The Labute approximate surface area is 249 Å². The normalized spacial score (nSPS) is 13.3. The topological polar surface area (TPSA) is 236 Å². The van der Waals surface area contributed by atoms with Crippen LogP contribution in [0.2, 0.25) is 0 Å². The molecule has 204 valence electrons. The zero-order valence-electron chi connectivity index (χ0n) is 20.1. The first-order valence-corrected chi connectivity index (χ1v) is 14.6. The van der Waals surface area contributed by atoms with Crippen LogP contribution in [0.25, 0.3) is 0 Å². The molecular weight excluding hydrogens is 603 g/mol. The number of nitrogens with one attached hydrogen (secondary N) is 1. The number of carbonyl (C=O) groups excluding carboxylic acids is 2. The molecule has 4 N–H and O–H groups in total. The Bertz CT molecular complexity index is 1890. The Kier molecular flexibility index (Phi) is 8.94. The number of benzene rings is 3. The Morgan fingerprint density at radius 1 is 0.875 bits per heavy atom. The second kappa shape index (κ2) is 11.4. The van der Waals surface area contributed by atoms with Gasteiger partial charge in [-0.1, -0.05) is 24.3 Å². The standard InChI is InChI=1S/C22H16N2O12S3.Na/c23-20-17(38(30,31)32)11-16(18-19(20)22(26)15-4-2-1-3-14(15)21(18)25)24-12-5-7-13(8-6-12)37(28,29)10-9-35-39(33,34)36-27;/h1-11,24,27H,23H2,(H,30,31,32);/q;+1/p-1. The number of nitrogen functional groups attached to an aromatic ring is 1. The molecule has 1 aliphatic carbocycles. The molecule has 0 saturated heterocycles. The molecule has 0 aliphatic heterocycles. The van der Waals surface area contributed by atoms with Crippen LogP contribution in [0.5, 0.6) is 0 Å². The Morgan fingerprint density at radius 2 is 1.43 bits per heavy atom. The van der Waals surface area contributed by atoms with E-state index in [0.29, 0.717) is 5.41 Å². The number of anilines is 3. The molecule has 4 rings (SSSR count). The van der Waals surface area contributed by atoms with Gasteiger partial charge in [0.25, 0.3) is 10.1 Å². The zero-order chi connectivity index (χ0) is 28.8. The van der Waals surface area contributed by atoms with E-state index in [2.05, 4.69) is 13.8 Å². The Morgan fingerprint density at radius 3 is 1.95 bits per heavy atom. The van der Waals surface area contributed by atoms with Gasteiger partial charge >= 0.3 is 40.0 Å². The van der Waals surface area contributed by atoms with Crippen LogP contribution in [0.1, 0.15) is 31.8 Å². The fourth-order valence-corrected chi connectivity index (χ4v) is 5.56. The summed E-state index contributed by atoms with van der Waals surface area (Å²) in [4.78, 5) is 25.3. The van der Waals surface area contributed by atoms with Crippen molar-refractivity contribution in [2.45, 2.75) is 9.79 Å². The number of rotatable bonds is 8. The molecule has 18 heteroatoms. The minimum absolute atomic E-state index is 0. The first-order valence-electron chi connectivity index (χ1n) is 10.3. The SMILES string of the molecule is Nc1c(S(=O)(=O)O)cc(Nc2ccc(S(=O)(=O)C=COS(=O)(=O)O[O-])cc2)c2c1C(=O)c1ccccc1C2=O.[Na+]. The molecule has 1 aliphatic rings. The van der Waals surface area contributed by atoms with Gasteiger partial charge in [-0.3, -0.25) is 14.1 Å². The third-order valence-electron chi connectivity index (χ3n) is 5.43. The van der Waals surface area contributed by atoms with E-state index in [1.54, 1.807) is 0 Å². The Hall–Kier alpha value is -3.13. The maximum atomic E-state index is 13.3. The summed E-state index contributed by atoms with van der Waals surface area (Å²) < 4.78 is 86.8. The van der Waals surface area contributed by atoms with E-state index in [4.69, 9.17) is 5.73 Å². The van der Waals surface area contributed by atoms with Crippen LogP contribution >= 0.6 is 0 Å². The summed E-state index contributed by atoms with van der Waals surface area (Å²) in [5, 5.41) is 13.0. The fraction of sp³-hybridized carbons (Fsp3) is 0. The molecule has 3 aromatic carbocycles. The van der Waals surface area contributed by atoms with E-state index in [1.807, 2.05) is 0 Å². The summed E-state index contributed by atoms with van der Waals surface area (Å²) in [6.45, 7) is 0. The van der Waals surface area contributed by atoms with Crippen molar-refractivity contribution in [3.63, 3.8) is 0 Å². The third kappa shape index (κ3) is 6.12. The largest absolute Gasteiger partial charge is 1.00 e. The van der Waals surface area contributed by atoms with Crippen molar-refractivity contribution >= 4 is 59.0 Å². The summed E-state index contributed by atoms with van der Waals surface area (Å²) in [6.07, 6.45) is 0.215. The number of nitrogens with two attached hydrogens (primary N) is 1. The van der Waals surface area contributed by atoms with Crippen LogP contribution in [0, 0.1) is 0 Å². The number of hydrogen-bond donors (Lipinski definition) is 3. The predicted molar refractivity (Wildman–Crippen MR) is 131 cm³/mol. The zero-order valence-corrected chi connectivity index (χ0v) is 24.5. The number of fused-ring (bicyclic) bond motifs is 2. The molecule has 14 nitrogen and oxygen atoms in total. The van der Waals surface area contributed by atoms with E-state index >= 15 is 0 Å². The first-order chi connectivity index (χ1) is 18.2. The van der Waals surface area contributed by atoms with Gasteiger partial charge in [0, 0.05) is 16.8 Å². The molecule has 0 bridgehead atoms. The van der Waals surface area contributed by atoms with Crippen molar-refractivity contribution in [2.24, 2.45) is 0 Å². The van der Waals surface area contributed by atoms with Gasteiger partial charge in [0.2, 0.25) is 9.84 Å². The second-order valence-electron chi connectivity index (χ2n) is 7.80. The molecule has 0 spiro atoms. The molecule has 0 heterocycles. The van der Waals surface area contributed by atoms with Gasteiger partial charge in [0.1, 0.15) is 11.2 Å². The van der Waals surface area contributed by atoms with Crippen molar-refractivity contribution < 1.29 is 82.7 Å². The van der Waals surface area contributed by atoms with Crippen LogP contribution in [-0.2, 0) is 38.9 Å². The summed E-state index contributed by atoms with van der Waals surface area (Å²) >= 11 is 0. The molecule has 3 aromatic rings. The monoisotopic (exact) mass is 618 g/mol. The number of carbonyl (C=O) groups is 2. The minimum Gasteiger partial charge on any atom is -0.704 e. The molecule has 0 atom stereocenters.